The van der Waals surface area contributed by atoms with Crippen molar-refractivity contribution in [3.8, 4) is 5.75 Å². The summed E-state index contributed by atoms with van der Waals surface area (Å²) in [6.07, 6.45) is -3.97. The number of hydrogen-bond acceptors (Lipinski definition) is 3. The first-order valence-electron chi connectivity index (χ1n) is 6.09. The van der Waals surface area contributed by atoms with Gasteiger partial charge in [-0.2, -0.15) is 0 Å². The third kappa shape index (κ3) is 5.30. The van der Waals surface area contributed by atoms with Crippen molar-refractivity contribution in [2.45, 2.75) is 38.7 Å². The van der Waals surface area contributed by atoms with Gasteiger partial charge in [0.25, 0.3) is 0 Å². The van der Waals surface area contributed by atoms with Crippen molar-refractivity contribution in [3.63, 3.8) is 0 Å². The molecule has 0 heterocycles. The second-order valence-corrected chi connectivity index (χ2v) is 5.59. The van der Waals surface area contributed by atoms with Gasteiger partial charge in [-0.1, -0.05) is 13.0 Å². The minimum absolute atomic E-state index is 0.0140. The summed E-state index contributed by atoms with van der Waals surface area (Å²) in [5.74, 6) is -0.276. The summed E-state index contributed by atoms with van der Waals surface area (Å²) in [4.78, 5) is 0. The van der Waals surface area contributed by atoms with Crippen LogP contribution in [0.15, 0.2) is 22.7 Å². The molecule has 1 atom stereocenters. The smallest absolute Gasteiger partial charge is 0.405 e. The van der Waals surface area contributed by atoms with Crippen LogP contribution in [0.3, 0.4) is 0 Å². The number of nitrogens with one attached hydrogen (secondary N) is 1. The van der Waals surface area contributed by atoms with E-state index < -0.39 is 11.9 Å². The molecule has 20 heavy (non-hydrogen) atoms. The predicted octanol–water partition coefficient (Wildman–Crippen LogP) is 3.60. The molecule has 1 aromatic rings. The highest BCUT2D eigenvalue weighted by Gasteiger charge is 2.32. The molecule has 0 fully saturated rings. The van der Waals surface area contributed by atoms with Gasteiger partial charge in [0.05, 0.1) is 11.1 Å². The van der Waals surface area contributed by atoms with Crippen LogP contribution in [0.2, 0.25) is 0 Å². The number of rotatable bonds is 6. The monoisotopic (exact) mass is 355 g/mol. The Labute approximate surface area is 124 Å². The van der Waals surface area contributed by atoms with Crippen molar-refractivity contribution in [1.82, 2.24) is 5.32 Å². The molecule has 114 valence electrons. The van der Waals surface area contributed by atoms with E-state index >= 15 is 0 Å². The normalized spacial score (nSPS) is 14.9. The Bertz CT molecular complexity index is 448. The summed E-state index contributed by atoms with van der Waals surface area (Å²) in [5, 5.41) is 12.4. The molecule has 0 aliphatic carbocycles. The summed E-state index contributed by atoms with van der Waals surface area (Å²) in [7, 11) is 0. The number of aliphatic hydroxyl groups is 1. The molecule has 2 N–H and O–H groups in total. The largest absolute Gasteiger partial charge is 0.573 e. The Morgan fingerprint density at radius 1 is 1.35 bits per heavy atom. The van der Waals surface area contributed by atoms with Crippen LogP contribution < -0.4 is 10.1 Å². The molecule has 3 nitrogen and oxygen atoms in total. The second kappa shape index (κ2) is 6.78. The minimum atomic E-state index is -4.71. The minimum Gasteiger partial charge on any atom is -0.405 e. The Balaban J connectivity index is 2.73. The lowest BCUT2D eigenvalue weighted by Crippen LogP contribution is -2.44. The maximum Gasteiger partial charge on any atom is 0.573 e. The number of aliphatic hydroxyl groups excluding tert-OH is 1. The van der Waals surface area contributed by atoms with Gasteiger partial charge in [-0.15, -0.1) is 13.2 Å². The summed E-state index contributed by atoms with van der Waals surface area (Å²) < 4.78 is 40.5. The van der Waals surface area contributed by atoms with E-state index in [1.54, 1.807) is 12.1 Å². The zero-order valence-electron chi connectivity index (χ0n) is 11.2. The number of hydrogen-bond donors (Lipinski definition) is 2. The maximum absolute atomic E-state index is 12.1. The van der Waals surface area contributed by atoms with E-state index in [2.05, 4.69) is 26.0 Å². The van der Waals surface area contributed by atoms with Gasteiger partial charge in [0.15, 0.2) is 0 Å². The summed E-state index contributed by atoms with van der Waals surface area (Å²) in [6, 6.07) is 4.37. The zero-order chi connectivity index (χ0) is 15.4. The molecule has 0 saturated carbocycles. The highest BCUT2D eigenvalue weighted by atomic mass is 79.9. The van der Waals surface area contributed by atoms with Crippen LogP contribution in [0.4, 0.5) is 13.2 Å². The van der Waals surface area contributed by atoms with Gasteiger partial charge >= 0.3 is 6.36 Å². The fourth-order valence-electron chi connectivity index (χ4n) is 1.47. The number of alkyl halides is 3. The summed E-state index contributed by atoms with van der Waals surface area (Å²) in [6.45, 7) is 4.25. The molecule has 1 unspecified atom stereocenters. The SMILES string of the molecule is CCC(C)(CO)NCc1ccc(OC(F)(F)F)c(Br)c1. The van der Waals surface area contributed by atoms with E-state index in [0.717, 1.165) is 12.0 Å². The molecule has 0 aliphatic heterocycles. The maximum atomic E-state index is 12.1. The van der Waals surface area contributed by atoms with Gasteiger partial charge < -0.3 is 15.2 Å². The van der Waals surface area contributed by atoms with Crippen LogP contribution in [0, 0.1) is 0 Å². The zero-order valence-corrected chi connectivity index (χ0v) is 12.8. The predicted molar refractivity (Wildman–Crippen MR) is 73.4 cm³/mol. The van der Waals surface area contributed by atoms with E-state index in [1.807, 2.05) is 13.8 Å². The topological polar surface area (TPSA) is 41.5 Å². The van der Waals surface area contributed by atoms with Crippen LogP contribution in [0.25, 0.3) is 0 Å². The summed E-state index contributed by atoms with van der Waals surface area (Å²) in [5.41, 5.74) is 0.382. The molecule has 0 aliphatic rings. The van der Waals surface area contributed by atoms with Gasteiger partial charge in [-0.3, -0.25) is 0 Å². The van der Waals surface area contributed by atoms with Crippen LogP contribution >= 0.6 is 15.9 Å². The average molecular weight is 356 g/mol. The molecule has 0 saturated heterocycles. The van der Waals surface area contributed by atoms with Gasteiger partial charge in [-0.25, -0.2) is 0 Å². The molecule has 0 amide bonds. The van der Waals surface area contributed by atoms with Crippen molar-refractivity contribution in [1.29, 1.82) is 0 Å². The quantitative estimate of drug-likeness (QED) is 0.819. The van der Waals surface area contributed by atoms with Gasteiger partial charge in [-0.05, 0) is 47.0 Å². The Morgan fingerprint density at radius 3 is 2.45 bits per heavy atom. The molecule has 1 aromatic carbocycles. The van der Waals surface area contributed by atoms with Crippen molar-refractivity contribution in [3.05, 3.63) is 28.2 Å². The number of benzene rings is 1. The molecule has 0 bridgehead atoms. The first-order valence-corrected chi connectivity index (χ1v) is 6.88. The lowest BCUT2D eigenvalue weighted by Gasteiger charge is -2.27. The van der Waals surface area contributed by atoms with E-state index in [1.165, 1.54) is 6.07 Å². The van der Waals surface area contributed by atoms with E-state index in [-0.39, 0.29) is 16.8 Å². The van der Waals surface area contributed by atoms with Gasteiger partial charge in [0, 0.05) is 12.1 Å². The van der Waals surface area contributed by atoms with E-state index in [0.29, 0.717) is 6.54 Å². The van der Waals surface area contributed by atoms with Gasteiger partial charge in [0.1, 0.15) is 5.75 Å². The molecular formula is C13H17BrF3NO2. The van der Waals surface area contributed by atoms with Crippen LogP contribution in [-0.4, -0.2) is 23.6 Å². The van der Waals surface area contributed by atoms with Crippen LogP contribution in [0.5, 0.6) is 5.75 Å². The average Bonchev–Trinajstić information content (AvgIpc) is 2.37. The Hall–Kier alpha value is -0.790. The van der Waals surface area contributed by atoms with Crippen LogP contribution in [-0.2, 0) is 6.54 Å². The first kappa shape index (κ1) is 17.3. The Morgan fingerprint density at radius 2 is 2.00 bits per heavy atom. The molecule has 0 radical (unpaired) electrons. The number of halogens is 4. The lowest BCUT2D eigenvalue weighted by molar-refractivity contribution is -0.274. The van der Waals surface area contributed by atoms with Crippen molar-refractivity contribution < 1.29 is 23.0 Å². The fourth-order valence-corrected chi connectivity index (χ4v) is 1.98. The molecule has 1 rings (SSSR count). The highest BCUT2D eigenvalue weighted by Crippen LogP contribution is 2.31. The number of ether oxygens (including phenoxy) is 1. The Kier molecular flexibility index (Phi) is 5.85. The fraction of sp³-hybridized carbons (Fsp3) is 0.538. The third-order valence-corrected chi connectivity index (χ3v) is 3.69. The lowest BCUT2D eigenvalue weighted by atomic mass is 10.00. The van der Waals surface area contributed by atoms with Crippen LogP contribution in [0.1, 0.15) is 25.8 Å². The molecule has 7 heteroatoms. The highest BCUT2D eigenvalue weighted by molar-refractivity contribution is 9.10. The molecule has 0 spiro atoms. The summed E-state index contributed by atoms with van der Waals surface area (Å²) >= 11 is 3.05. The second-order valence-electron chi connectivity index (χ2n) is 4.74. The first-order chi connectivity index (χ1) is 9.19. The van der Waals surface area contributed by atoms with Crippen molar-refractivity contribution in [2.24, 2.45) is 0 Å². The molecule has 0 aromatic heterocycles. The van der Waals surface area contributed by atoms with E-state index in [9.17, 15) is 18.3 Å². The van der Waals surface area contributed by atoms with Gasteiger partial charge in [0.2, 0.25) is 0 Å². The van der Waals surface area contributed by atoms with E-state index in [4.69, 9.17) is 0 Å². The third-order valence-electron chi connectivity index (χ3n) is 3.07. The van der Waals surface area contributed by atoms with Crippen molar-refractivity contribution in [2.75, 3.05) is 6.61 Å². The standard InChI is InChI=1S/C13H17BrF3NO2/c1-3-12(2,8-19)18-7-9-4-5-11(10(14)6-9)20-13(15,16)17/h4-6,18-19H,3,7-8H2,1-2H3. The van der Waals surface area contributed by atoms with Crippen molar-refractivity contribution >= 4 is 15.9 Å². The molecular weight excluding hydrogens is 339 g/mol.